The van der Waals surface area contributed by atoms with Crippen LogP contribution >= 0.6 is 15.9 Å². The van der Waals surface area contributed by atoms with Crippen molar-refractivity contribution in [2.75, 3.05) is 5.33 Å². The van der Waals surface area contributed by atoms with E-state index in [1.54, 1.807) is 24.0 Å². The number of carbonyl (C=O) groups is 1. The van der Waals surface area contributed by atoms with Crippen LogP contribution < -0.4 is 5.32 Å². The van der Waals surface area contributed by atoms with Gasteiger partial charge in [-0.25, -0.2) is 0 Å². The van der Waals surface area contributed by atoms with Crippen LogP contribution in [0.25, 0.3) is 0 Å². The van der Waals surface area contributed by atoms with Gasteiger partial charge in [0, 0.05) is 18.6 Å². The summed E-state index contributed by atoms with van der Waals surface area (Å²) >= 11 is 3.57. The molecule has 1 heterocycles. The molecule has 1 aliphatic carbocycles. The third-order valence-corrected chi connectivity index (χ3v) is 4.85. The van der Waals surface area contributed by atoms with Crippen molar-refractivity contribution >= 4 is 21.8 Å². The molecule has 1 saturated carbocycles. The Balaban J connectivity index is 2.11. The quantitative estimate of drug-likeness (QED) is 0.871. The Morgan fingerprint density at radius 3 is 3.06 bits per heavy atom. The van der Waals surface area contributed by atoms with Gasteiger partial charge in [0.25, 0.3) is 5.91 Å². The van der Waals surface area contributed by atoms with Crippen molar-refractivity contribution in [2.24, 2.45) is 13.0 Å². The number of rotatable bonds is 3. The standard InChI is InChI=1S/C13H20BrN3O/c1-10-4-3-6-13(8-10,9-14)16-12(18)11-5-7-15-17(11)2/h5,7,10H,3-4,6,8-9H2,1-2H3,(H,16,18). The van der Waals surface area contributed by atoms with Crippen LogP contribution in [0.15, 0.2) is 12.3 Å². The molecule has 0 spiro atoms. The van der Waals surface area contributed by atoms with Crippen molar-refractivity contribution in [3.63, 3.8) is 0 Å². The molecule has 5 heteroatoms. The maximum Gasteiger partial charge on any atom is 0.269 e. The molecule has 0 bridgehead atoms. The summed E-state index contributed by atoms with van der Waals surface area (Å²) in [5.41, 5.74) is 0.521. The van der Waals surface area contributed by atoms with E-state index in [0.717, 1.165) is 18.2 Å². The molecule has 1 aromatic heterocycles. The second kappa shape index (κ2) is 5.43. The van der Waals surface area contributed by atoms with Gasteiger partial charge in [-0.2, -0.15) is 5.10 Å². The number of aromatic nitrogens is 2. The lowest BCUT2D eigenvalue weighted by Gasteiger charge is -2.39. The number of alkyl halides is 1. The number of amides is 1. The number of nitrogens with zero attached hydrogens (tertiary/aromatic N) is 2. The van der Waals surface area contributed by atoms with Gasteiger partial charge in [0.15, 0.2) is 0 Å². The molecular weight excluding hydrogens is 294 g/mol. The first kappa shape index (κ1) is 13.6. The van der Waals surface area contributed by atoms with Crippen LogP contribution in [-0.2, 0) is 7.05 Å². The Kier molecular flexibility index (Phi) is 4.10. The van der Waals surface area contributed by atoms with Gasteiger partial charge in [0.05, 0.1) is 5.54 Å². The molecule has 100 valence electrons. The minimum atomic E-state index is -0.0982. The van der Waals surface area contributed by atoms with Crippen molar-refractivity contribution in [3.05, 3.63) is 18.0 Å². The first-order chi connectivity index (χ1) is 8.56. The van der Waals surface area contributed by atoms with E-state index in [1.165, 1.54) is 12.8 Å². The lowest BCUT2D eigenvalue weighted by molar-refractivity contribution is 0.0860. The highest BCUT2D eigenvalue weighted by Gasteiger charge is 2.35. The molecule has 4 nitrogen and oxygen atoms in total. The van der Waals surface area contributed by atoms with Gasteiger partial charge in [-0.15, -0.1) is 0 Å². The van der Waals surface area contributed by atoms with E-state index in [4.69, 9.17) is 0 Å². The second-order valence-corrected chi connectivity index (χ2v) is 5.97. The third kappa shape index (κ3) is 2.76. The van der Waals surface area contributed by atoms with Crippen molar-refractivity contribution in [3.8, 4) is 0 Å². The third-order valence-electron chi connectivity index (χ3n) is 3.78. The summed E-state index contributed by atoms with van der Waals surface area (Å²) in [6.45, 7) is 2.26. The molecule has 0 aliphatic heterocycles. The Hall–Kier alpha value is -0.840. The van der Waals surface area contributed by atoms with Crippen LogP contribution in [0, 0.1) is 5.92 Å². The van der Waals surface area contributed by atoms with Crippen LogP contribution in [0.3, 0.4) is 0 Å². The highest BCUT2D eigenvalue weighted by Crippen LogP contribution is 2.33. The van der Waals surface area contributed by atoms with E-state index < -0.39 is 0 Å². The summed E-state index contributed by atoms with van der Waals surface area (Å²) in [6, 6.07) is 1.75. The van der Waals surface area contributed by atoms with E-state index in [1.807, 2.05) is 0 Å². The zero-order valence-electron chi connectivity index (χ0n) is 10.9. The molecule has 0 saturated heterocycles. The number of halogens is 1. The highest BCUT2D eigenvalue weighted by molar-refractivity contribution is 9.09. The molecule has 2 atom stereocenters. The maximum absolute atomic E-state index is 12.3. The lowest BCUT2D eigenvalue weighted by Crippen LogP contribution is -2.52. The number of hydrogen-bond acceptors (Lipinski definition) is 2. The van der Waals surface area contributed by atoms with E-state index in [9.17, 15) is 4.79 Å². The summed E-state index contributed by atoms with van der Waals surface area (Å²) in [5.74, 6) is 0.645. The molecule has 2 rings (SSSR count). The molecule has 0 aromatic carbocycles. The Bertz CT molecular complexity index is 432. The van der Waals surface area contributed by atoms with Gasteiger partial charge in [-0.05, 0) is 24.8 Å². The molecular formula is C13H20BrN3O. The number of carbonyl (C=O) groups excluding carboxylic acids is 1. The van der Waals surface area contributed by atoms with E-state index >= 15 is 0 Å². The Morgan fingerprint density at radius 2 is 2.50 bits per heavy atom. The minimum Gasteiger partial charge on any atom is -0.344 e. The molecule has 0 radical (unpaired) electrons. The summed E-state index contributed by atoms with van der Waals surface area (Å²) in [5, 5.41) is 8.06. The largest absolute Gasteiger partial charge is 0.344 e. The topological polar surface area (TPSA) is 46.9 Å². The monoisotopic (exact) mass is 313 g/mol. The minimum absolute atomic E-state index is 0.0245. The summed E-state index contributed by atoms with van der Waals surface area (Å²) in [6.07, 6.45) is 6.18. The first-order valence-corrected chi connectivity index (χ1v) is 7.55. The van der Waals surface area contributed by atoms with Gasteiger partial charge < -0.3 is 5.32 Å². The predicted molar refractivity (Wildman–Crippen MR) is 74.8 cm³/mol. The van der Waals surface area contributed by atoms with Gasteiger partial charge in [-0.1, -0.05) is 35.7 Å². The maximum atomic E-state index is 12.3. The van der Waals surface area contributed by atoms with Gasteiger partial charge in [0.1, 0.15) is 5.69 Å². The van der Waals surface area contributed by atoms with Crippen LogP contribution in [0.5, 0.6) is 0 Å². The van der Waals surface area contributed by atoms with Crippen LogP contribution in [0.4, 0.5) is 0 Å². The number of aryl methyl sites for hydroxylation is 1. The van der Waals surface area contributed by atoms with Gasteiger partial charge in [0.2, 0.25) is 0 Å². The van der Waals surface area contributed by atoms with Crippen LogP contribution in [0.1, 0.15) is 43.1 Å². The van der Waals surface area contributed by atoms with E-state index in [-0.39, 0.29) is 11.4 Å². The molecule has 1 N–H and O–H groups in total. The van der Waals surface area contributed by atoms with Crippen molar-refractivity contribution in [1.29, 1.82) is 0 Å². The van der Waals surface area contributed by atoms with Crippen LogP contribution in [-0.4, -0.2) is 26.6 Å². The molecule has 1 aliphatic rings. The van der Waals surface area contributed by atoms with Crippen molar-refractivity contribution in [1.82, 2.24) is 15.1 Å². The molecule has 1 amide bonds. The van der Waals surface area contributed by atoms with Crippen LogP contribution in [0.2, 0.25) is 0 Å². The lowest BCUT2D eigenvalue weighted by atomic mass is 9.77. The molecule has 2 unspecified atom stereocenters. The number of nitrogens with one attached hydrogen (secondary N) is 1. The fourth-order valence-corrected chi connectivity index (χ4v) is 3.48. The summed E-state index contributed by atoms with van der Waals surface area (Å²) in [4.78, 5) is 12.3. The fraction of sp³-hybridized carbons (Fsp3) is 0.692. The Morgan fingerprint density at radius 1 is 1.72 bits per heavy atom. The zero-order chi connectivity index (χ0) is 13.2. The average molecular weight is 314 g/mol. The normalized spacial score (nSPS) is 28.1. The molecule has 1 aromatic rings. The van der Waals surface area contributed by atoms with Gasteiger partial charge in [-0.3, -0.25) is 9.48 Å². The van der Waals surface area contributed by atoms with E-state index in [0.29, 0.717) is 11.6 Å². The van der Waals surface area contributed by atoms with E-state index in [2.05, 4.69) is 33.3 Å². The zero-order valence-corrected chi connectivity index (χ0v) is 12.5. The summed E-state index contributed by atoms with van der Waals surface area (Å²) < 4.78 is 1.61. The summed E-state index contributed by atoms with van der Waals surface area (Å²) in [7, 11) is 1.79. The van der Waals surface area contributed by atoms with Crippen molar-refractivity contribution in [2.45, 2.75) is 38.1 Å². The smallest absolute Gasteiger partial charge is 0.269 e. The average Bonchev–Trinajstić information content (AvgIpc) is 2.75. The Labute approximate surface area is 116 Å². The predicted octanol–water partition coefficient (Wildman–Crippen LogP) is 2.49. The fourth-order valence-electron chi connectivity index (χ4n) is 2.83. The second-order valence-electron chi connectivity index (χ2n) is 5.41. The van der Waals surface area contributed by atoms with Gasteiger partial charge >= 0.3 is 0 Å². The molecule has 1 fully saturated rings. The SMILES string of the molecule is CC1CCCC(CBr)(NC(=O)c2ccnn2C)C1. The van der Waals surface area contributed by atoms with Crippen molar-refractivity contribution < 1.29 is 4.79 Å². The highest BCUT2D eigenvalue weighted by atomic mass is 79.9. The number of hydrogen-bond donors (Lipinski definition) is 1. The molecule has 18 heavy (non-hydrogen) atoms. The first-order valence-electron chi connectivity index (χ1n) is 6.43.